The maximum absolute atomic E-state index is 11.1. The third kappa shape index (κ3) is 6.06. The first-order valence-electron chi connectivity index (χ1n) is 9.77. The Labute approximate surface area is 191 Å². The topological polar surface area (TPSA) is 67.8 Å². The van der Waals surface area contributed by atoms with Gasteiger partial charge in [-0.05, 0) is 49.2 Å². The molecule has 3 aromatic carbocycles. The second-order valence-corrected chi connectivity index (χ2v) is 7.77. The molecule has 2 N–H and O–H groups in total. The summed E-state index contributed by atoms with van der Waals surface area (Å²) in [5.74, 6) is 0.113. The van der Waals surface area contributed by atoms with Crippen molar-refractivity contribution in [3.63, 3.8) is 0 Å². The quantitative estimate of drug-likeness (QED) is 0.377. The molecule has 0 aliphatic rings. The number of halogens is 2. The van der Waals surface area contributed by atoms with E-state index < -0.39 is 5.97 Å². The number of carboxylic acids is 1. The predicted molar refractivity (Wildman–Crippen MR) is 124 cm³/mol. The highest BCUT2D eigenvalue weighted by Gasteiger charge is 2.13. The molecule has 5 nitrogen and oxygen atoms in total. The summed E-state index contributed by atoms with van der Waals surface area (Å²) in [4.78, 5) is 11.1. The van der Waals surface area contributed by atoms with Gasteiger partial charge in [0.15, 0.2) is 11.5 Å². The van der Waals surface area contributed by atoms with Gasteiger partial charge in [0.2, 0.25) is 0 Å². The average Bonchev–Trinajstić information content (AvgIpc) is 2.73. The van der Waals surface area contributed by atoms with Crippen LogP contribution >= 0.6 is 23.2 Å². The molecule has 0 bridgehead atoms. The highest BCUT2D eigenvalue weighted by Crippen LogP contribution is 2.35. The summed E-state index contributed by atoms with van der Waals surface area (Å²) in [6.07, 6.45) is 0. The van der Waals surface area contributed by atoms with E-state index in [4.69, 9.17) is 37.8 Å². The molecule has 0 fully saturated rings. The fraction of sp³-hybridized carbons (Fsp3) is 0.208. The number of nitrogens with one attached hydrogen (secondary N) is 1. The lowest BCUT2D eigenvalue weighted by molar-refractivity contribution is 0.0697. The Kier molecular flexibility index (Phi) is 7.66. The van der Waals surface area contributed by atoms with Gasteiger partial charge >= 0.3 is 5.97 Å². The molecule has 0 aliphatic heterocycles. The summed E-state index contributed by atoms with van der Waals surface area (Å²) >= 11 is 12.5. The lowest BCUT2D eigenvalue weighted by Gasteiger charge is -2.16. The molecule has 0 aromatic heterocycles. The zero-order valence-corrected chi connectivity index (χ0v) is 18.8. The number of ether oxygens (including phenoxy) is 2. The standard InChI is InChI=1S/C24H23Cl2NO4/c1-3-30-22-10-17(13-27-18-8-9-19(24(28)29)21(26)11-18)20(25)12-23(22)31-14-16-6-4-15(2)5-7-16/h4-12,27H,3,13-14H2,1-2H3,(H,28,29). The number of aryl methyl sites for hydroxylation is 1. The molecule has 0 unspecified atom stereocenters. The highest BCUT2D eigenvalue weighted by atomic mass is 35.5. The predicted octanol–water partition coefficient (Wildman–Crippen LogP) is 6.59. The van der Waals surface area contributed by atoms with E-state index in [2.05, 4.69) is 5.32 Å². The highest BCUT2D eigenvalue weighted by molar-refractivity contribution is 6.33. The van der Waals surface area contributed by atoms with E-state index in [0.29, 0.717) is 42.0 Å². The van der Waals surface area contributed by atoms with Crippen molar-refractivity contribution in [3.8, 4) is 11.5 Å². The number of hydrogen-bond donors (Lipinski definition) is 2. The van der Waals surface area contributed by atoms with E-state index >= 15 is 0 Å². The van der Waals surface area contributed by atoms with Crippen molar-refractivity contribution >= 4 is 34.9 Å². The van der Waals surface area contributed by atoms with Gasteiger partial charge in [-0.25, -0.2) is 4.79 Å². The molecular formula is C24H23Cl2NO4. The van der Waals surface area contributed by atoms with Crippen LogP contribution in [-0.2, 0) is 13.2 Å². The molecule has 31 heavy (non-hydrogen) atoms. The molecule has 0 spiro atoms. The van der Waals surface area contributed by atoms with E-state index in [1.807, 2.05) is 44.2 Å². The minimum atomic E-state index is -1.07. The Morgan fingerprint density at radius 3 is 2.32 bits per heavy atom. The van der Waals surface area contributed by atoms with Crippen LogP contribution in [0.3, 0.4) is 0 Å². The summed E-state index contributed by atoms with van der Waals surface area (Å²) in [5.41, 5.74) is 3.79. The normalized spacial score (nSPS) is 10.6. The second-order valence-electron chi connectivity index (χ2n) is 6.95. The van der Waals surface area contributed by atoms with E-state index in [9.17, 15) is 4.79 Å². The van der Waals surface area contributed by atoms with Gasteiger partial charge in [0.05, 0.1) is 17.2 Å². The van der Waals surface area contributed by atoms with E-state index in [-0.39, 0.29) is 10.6 Å². The largest absolute Gasteiger partial charge is 0.490 e. The van der Waals surface area contributed by atoms with Gasteiger partial charge in [-0.15, -0.1) is 0 Å². The minimum Gasteiger partial charge on any atom is -0.490 e. The number of hydrogen-bond acceptors (Lipinski definition) is 4. The molecule has 0 saturated carbocycles. The SMILES string of the molecule is CCOc1cc(CNc2ccc(C(=O)O)c(Cl)c2)c(Cl)cc1OCc1ccc(C)cc1. The Bertz CT molecular complexity index is 1070. The van der Waals surface area contributed by atoms with Crippen molar-refractivity contribution in [2.75, 3.05) is 11.9 Å². The van der Waals surface area contributed by atoms with Gasteiger partial charge in [0.25, 0.3) is 0 Å². The Hall–Kier alpha value is -2.89. The summed E-state index contributed by atoms with van der Waals surface area (Å²) in [6, 6.07) is 16.4. The van der Waals surface area contributed by atoms with Crippen LogP contribution in [0.4, 0.5) is 5.69 Å². The molecular weight excluding hydrogens is 437 g/mol. The van der Waals surface area contributed by atoms with Crippen molar-refractivity contribution in [3.05, 3.63) is 86.9 Å². The summed E-state index contributed by atoms with van der Waals surface area (Å²) in [6.45, 7) is 5.24. The Balaban J connectivity index is 1.74. The van der Waals surface area contributed by atoms with E-state index in [1.165, 1.54) is 11.6 Å². The lowest BCUT2D eigenvalue weighted by Crippen LogP contribution is -2.05. The molecule has 0 amide bonds. The molecule has 162 valence electrons. The van der Waals surface area contributed by atoms with Crippen LogP contribution in [-0.4, -0.2) is 17.7 Å². The fourth-order valence-corrected chi connectivity index (χ4v) is 3.42. The second kappa shape index (κ2) is 10.4. The molecule has 7 heteroatoms. The van der Waals surface area contributed by atoms with Crippen molar-refractivity contribution in [1.82, 2.24) is 0 Å². The van der Waals surface area contributed by atoms with Crippen LogP contribution in [0.25, 0.3) is 0 Å². The third-order valence-electron chi connectivity index (χ3n) is 4.61. The first kappa shape index (κ1) is 22.8. The number of anilines is 1. The molecule has 0 atom stereocenters. The maximum atomic E-state index is 11.1. The molecule has 3 rings (SSSR count). The van der Waals surface area contributed by atoms with Gasteiger partial charge in [0, 0.05) is 23.3 Å². The first-order valence-corrected chi connectivity index (χ1v) is 10.5. The van der Waals surface area contributed by atoms with E-state index in [0.717, 1.165) is 11.1 Å². The molecule has 0 aliphatic carbocycles. The van der Waals surface area contributed by atoms with Crippen LogP contribution < -0.4 is 14.8 Å². The van der Waals surface area contributed by atoms with Crippen molar-refractivity contribution in [1.29, 1.82) is 0 Å². The summed E-state index contributed by atoms with van der Waals surface area (Å²) in [7, 11) is 0. The van der Waals surface area contributed by atoms with Crippen LogP contribution in [0.5, 0.6) is 11.5 Å². The molecule has 0 saturated heterocycles. The smallest absolute Gasteiger partial charge is 0.337 e. The number of benzene rings is 3. The van der Waals surface area contributed by atoms with Crippen molar-refractivity contribution < 1.29 is 19.4 Å². The number of aromatic carboxylic acids is 1. The minimum absolute atomic E-state index is 0.0546. The first-order chi connectivity index (χ1) is 14.9. The van der Waals surface area contributed by atoms with E-state index in [1.54, 1.807) is 18.2 Å². The Morgan fingerprint density at radius 1 is 0.968 bits per heavy atom. The van der Waals surface area contributed by atoms with Crippen LogP contribution in [0, 0.1) is 6.92 Å². The Morgan fingerprint density at radius 2 is 1.68 bits per heavy atom. The van der Waals surface area contributed by atoms with Crippen LogP contribution in [0.15, 0.2) is 54.6 Å². The molecule has 0 radical (unpaired) electrons. The van der Waals surface area contributed by atoms with Gasteiger partial charge in [-0.3, -0.25) is 0 Å². The molecule has 0 heterocycles. The third-order valence-corrected chi connectivity index (χ3v) is 5.27. The van der Waals surface area contributed by atoms with Gasteiger partial charge in [0.1, 0.15) is 6.61 Å². The summed E-state index contributed by atoms with van der Waals surface area (Å²) in [5, 5.41) is 13.0. The maximum Gasteiger partial charge on any atom is 0.337 e. The number of rotatable bonds is 9. The average molecular weight is 460 g/mol. The zero-order chi connectivity index (χ0) is 22.4. The van der Waals surface area contributed by atoms with Crippen LogP contribution in [0.1, 0.15) is 34.0 Å². The van der Waals surface area contributed by atoms with Crippen molar-refractivity contribution in [2.45, 2.75) is 27.0 Å². The summed E-state index contributed by atoms with van der Waals surface area (Å²) < 4.78 is 11.7. The van der Waals surface area contributed by atoms with Crippen molar-refractivity contribution in [2.24, 2.45) is 0 Å². The number of carboxylic acid groups (broad SMARTS) is 1. The number of carbonyl (C=O) groups is 1. The lowest BCUT2D eigenvalue weighted by atomic mass is 10.1. The van der Waals surface area contributed by atoms with Gasteiger partial charge in [-0.2, -0.15) is 0 Å². The van der Waals surface area contributed by atoms with Gasteiger partial charge in [-0.1, -0.05) is 53.0 Å². The monoisotopic (exact) mass is 459 g/mol. The molecule has 3 aromatic rings. The fourth-order valence-electron chi connectivity index (χ4n) is 2.93. The van der Waals surface area contributed by atoms with Crippen LogP contribution in [0.2, 0.25) is 10.0 Å². The van der Waals surface area contributed by atoms with Gasteiger partial charge < -0.3 is 19.9 Å². The zero-order valence-electron chi connectivity index (χ0n) is 17.2.